The molecular weight excluding hydrogens is 398 g/mol. The van der Waals surface area contributed by atoms with E-state index >= 15 is 0 Å². The molecule has 9 unspecified atom stereocenters. The SMILES string of the molecule is CCON[C@@H]1C(OC)OC(CO)C(O)C1OC1OC(C(=O)O)C(OC)C(O)C1O. The van der Waals surface area contributed by atoms with Gasteiger partial charge in [-0.3, -0.25) is 0 Å². The van der Waals surface area contributed by atoms with Gasteiger partial charge in [0, 0.05) is 14.2 Å². The van der Waals surface area contributed by atoms with Crippen LogP contribution in [-0.2, 0) is 33.3 Å². The molecule has 0 spiro atoms. The molecule has 0 amide bonds. The summed E-state index contributed by atoms with van der Waals surface area (Å²) in [6, 6.07) is -0.950. The number of ether oxygens (including phenoxy) is 5. The van der Waals surface area contributed by atoms with Crippen LogP contribution in [0.15, 0.2) is 0 Å². The second kappa shape index (κ2) is 10.9. The van der Waals surface area contributed by atoms with Crippen LogP contribution in [0.3, 0.4) is 0 Å². The van der Waals surface area contributed by atoms with Gasteiger partial charge in [-0.15, -0.1) is 0 Å². The van der Waals surface area contributed by atoms with Gasteiger partial charge in [-0.2, -0.15) is 5.48 Å². The molecule has 6 N–H and O–H groups in total. The Hall–Kier alpha value is -0.970. The zero-order valence-corrected chi connectivity index (χ0v) is 16.3. The highest BCUT2D eigenvalue weighted by Crippen LogP contribution is 2.30. The molecular formula is C16H29NO12. The molecule has 0 aromatic rings. The van der Waals surface area contributed by atoms with Crippen molar-refractivity contribution in [2.75, 3.05) is 27.4 Å². The minimum Gasteiger partial charge on any atom is -0.479 e. The molecule has 0 saturated carbocycles. The van der Waals surface area contributed by atoms with E-state index in [1.54, 1.807) is 6.92 Å². The number of nitrogens with one attached hydrogen (secondary N) is 1. The highest BCUT2D eigenvalue weighted by molar-refractivity contribution is 5.73. The normalized spacial score (nSPS) is 43.3. The van der Waals surface area contributed by atoms with E-state index in [9.17, 15) is 30.3 Å². The first-order chi connectivity index (χ1) is 13.8. The summed E-state index contributed by atoms with van der Waals surface area (Å²) in [4.78, 5) is 16.6. The van der Waals surface area contributed by atoms with Crippen LogP contribution in [0.4, 0.5) is 0 Å². The lowest BCUT2D eigenvalue weighted by Crippen LogP contribution is -2.67. The predicted octanol–water partition coefficient (Wildman–Crippen LogP) is -3.45. The number of rotatable bonds is 9. The smallest absolute Gasteiger partial charge is 0.335 e. The van der Waals surface area contributed by atoms with Crippen LogP contribution in [0, 0.1) is 0 Å². The Balaban J connectivity index is 2.26. The lowest BCUT2D eigenvalue weighted by Gasteiger charge is -2.47. The number of carboxylic acids is 1. The second-order valence-electron chi connectivity index (χ2n) is 6.57. The van der Waals surface area contributed by atoms with E-state index in [0.717, 1.165) is 0 Å². The first-order valence-electron chi connectivity index (χ1n) is 9.07. The minimum absolute atomic E-state index is 0.247. The van der Waals surface area contributed by atoms with Gasteiger partial charge < -0.3 is 54.1 Å². The van der Waals surface area contributed by atoms with Gasteiger partial charge in [-0.25, -0.2) is 4.79 Å². The molecule has 0 aromatic heterocycles. The van der Waals surface area contributed by atoms with E-state index in [0.29, 0.717) is 0 Å². The third-order valence-electron chi connectivity index (χ3n) is 4.80. The summed E-state index contributed by atoms with van der Waals surface area (Å²) in [6.07, 6.45) is -12.7. The van der Waals surface area contributed by atoms with Crippen molar-refractivity contribution in [2.45, 2.75) is 68.3 Å². The fourth-order valence-corrected chi connectivity index (χ4v) is 3.30. The molecule has 0 bridgehead atoms. The fourth-order valence-electron chi connectivity index (χ4n) is 3.30. The lowest BCUT2D eigenvalue weighted by atomic mass is 9.95. The molecule has 2 aliphatic rings. The number of aliphatic hydroxyl groups excluding tert-OH is 4. The van der Waals surface area contributed by atoms with Crippen LogP contribution < -0.4 is 5.48 Å². The number of hydrogen-bond donors (Lipinski definition) is 6. The van der Waals surface area contributed by atoms with Crippen LogP contribution >= 0.6 is 0 Å². The lowest BCUT2D eigenvalue weighted by molar-refractivity contribution is -0.345. The van der Waals surface area contributed by atoms with Crippen molar-refractivity contribution in [2.24, 2.45) is 0 Å². The van der Waals surface area contributed by atoms with Crippen LogP contribution in [0.25, 0.3) is 0 Å². The van der Waals surface area contributed by atoms with Gasteiger partial charge in [0.25, 0.3) is 0 Å². The Morgan fingerprint density at radius 3 is 2.21 bits per heavy atom. The maximum Gasteiger partial charge on any atom is 0.335 e. The molecule has 29 heavy (non-hydrogen) atoms. The van der Waals surface area contributed by atoms with Crippen LogP contribution in [0.1, 0.15) is 6.92 Å². The van der Waals surface area contributed by atoms with Crippen molar-refractivity contribution in [3.05, 3.63) is 0 Å². The summed E-state index contributed by atoms with van der Waals surface area (Å²) in [5.74, 6) is -1.43. The quantitative estimate of drug-likeness (QED) is 0.200. The summed E-state index contributed by atoms with van der Waals surface area (Å²) in [6.45, 7) is 1.38. The predicted molar refractivity (Wildman–Crippen MR) is 91.3 cm³/mol. The summed E-state index contributed by atoms with van der Waals surface area (Å²) < 4.78 is 26.5. The van der Waals surface area contributed by atoms with Crippen molar-refractivity contribution in [3.63, 3.8) is 0 Å². The standard InChI is InChI=1S/C16H29NO12/c1-4-26-17-7-11(8(19)6(5-18)27-15(7)25-3)28-16-10(21)9(20)12(24-2)13(29-16)14(22)23/h6-13,15-21H,4-5H2,1-3H3,(H,22,23)/t6?,7-,8?,9?,10?,11?,12?,13?,15?,16?/m0/s1. The Kier molecular flexibility index (Phi) is 9.12. The molecule has 2 saturated heterocycles. The van der Waals surface area contributed by atoms with Crippen LogP contribution in [-0.4, -0.2) is 120 Å². The summed E-state index contributed by atoms with van der Waals surface area (Å²) in [7, 11) is 2.49. The molecule has 13 nitrogen and oxygen atoms in total. The Morgan fingerprint density at radius 2 is 1.69 bits per heavy atom. The number of hydrogen-bond acceptors (Lipinski definition) is 12. The topological polar surface area (TPSA) is 186 Å². The van der Waals surface area contributed by atoms with E-state index in [4.69, 9.17) is 28.5 Å². The fraction of sp³-hybridized carbons (Fsp3) is 0.938. The highest BCUT2D eigenvalue weighted by atomic mass is 16.7. The third kappa shape index (κ3) is 5.21. The highest BCUT2D eigenvalue weighted by Gasteiger charge is 2.53. The minimum atomic E-state index is -1.69. The molecule has 0 aromatic carbocycles. The van der Waals surface area contributed by atoms with Gasteiger partial charge >= 0.3 is 5.97 Å². The summed E-state index contributed by atoms with van der Waals surface area (Å²) >= 11 is 0. The zero-order chi connectivity index (χ0) is 21.7. The molecule has 0 radical (unpaired) electrons. The zero-order valence-electron chi connectivity index (χ0n) is 16.3. The van der Waals surface area contributed by atoms with Gasteiger partial charge in [0.05, 0.1) is 13.2 Å². The number of aliphatic carboxylic acids is 1. The van der Waals surface area contributed by atoms with E-state index < -0.39 is 73.9 Å². The molecule has 10 atom stereocenters. The van der Waals surface area contributed by atoms with Crippen molar-refractivity contribution < 1.29 is 58.8 Å². The Morgan fingerprint density at radius 1 is 1.00 bits per heavy atom. The number of carboxylic acid groups (broad SMARTS) is 1. The van der Waals surface area contributed by atoms with Crippen molar-refractivity contribution in [3.8, 4) is 0 Å². The maximum absolute atomic E-state index is 11.5. The summed E-state index contributed by atoms with van der Waals surface area (Å²) in [5.41, 5.74) is 2.61. The maximum atomic E-state index is 11.5. The monoisotopic (exact) mass is 427 g/mol. The van der Waals surface area contributed by atoms with Gasteiger partial charge in [0.15, 0.2) is 18.7 Å². The van der Waals surface area contributed by atoms with Crippen LogP contribution in [0.2, 0.25) is 0 Å². The number of hydroxylamine groups is 1. The van der Waals surface area contributed by atoms with Gasteiger partial charge in [0.2, 0.25) is 0 Å². The first-order valence-corrected chi connectivity index (χ1v) is 9.07. The van der Waals surface area contributed by atoms with E-state index in [2.05, 4.69) is 5.48 Å². The molecule has 2 rings (SSSR count). The summed E-state index contributed by atoms with van der Waals surface area (Å²) in [5, 5.41) is 50.0. The van der Waals surface area contributed by atoms with E-state index in [1.807, 2.05) is 0 Å². The van der Waals surface area contributed by atoms with E-state index in [1.165, 1.54) is 14.2 Å². The van der Waals surface area contributed by atoms with E-state index in [-0.39, 0.29) is 6.61 Å². The molecule has 2 heterocycles. The molecule has 2 aliphatic heterocycles. The number of aliphatic hydroxyl groups is 4. The van der Waals surface area contributed by atoms with Gasteiger partial charge in [0.1, 0.15) is 42.7 Å². The number of methoxy groups -OCH3 is 2. The molecule has 2 fully saturated rings. The van der Waals surface area contributed by atoms with Gasteiger partial charge in [-0.1, -0.05) is 0 Å². The van der Waals surface area contributed by atoms with Crippen molar-refractivity contribution >= 4 is 5.97 Å². The average Bonchev–Trinajstić information content (AvgIpc) is 2.71. The largest absolute Gasteiger partial charge is 0.479 e. The Bertz CT molecular complexity index is 524. The molecule has 13 heteroatoms. The third-order valence-corrected chi connectivity index (χ3v) is 4.80. The van der Waals surface area contributed by atoms with Crippen molar-refractivity contribution in [1.82, 2.24) is 5.48 Å². The average molecular weight is 427 g/mol. The van der Waals surface area contributed by atoms with Gasteiger partial charge in [-0.05, 0) is 6.92 Å². The molecule has 0 aliphatic carbocycles. The van der Waals surface area contributed by atoms with Crippen LogP contribution in [0.5, 0.6) is 0 Å². The molecule has 170 valence electrons. The Labute approximate surface area is 167 Å². The number of carbonyl (C=O) groups is 1. The second-order valence-corrected chi connectivity index (χ2v) is 6.57. The van der Waals surface area contributed by atoms with Crippen molar-refractivity contribution in [1.29, 1.82) is 0 Å². The first kappa shape index (κ1) is 24.3.